The molecule has 0 aromatic rings. The Morgan fingerprint density at radius 2 is 1.69 bits per heavy atom. The number of ketones is 2. The highest BCUT2D eigenvalue weighted by molar-refractivity contribution is 6.14. The van der Waals surface area contributed by atoms with Crippen molar-refractivity contribution in [2.45, 2.75) is 20.8 Å². The van der Waals surface area contributed by atoms with Crippen LogP contribution >= 0.6 is 0 Å². The average Bonchev–Trinajstić information content (AvgIpc) is 2.13. The van der Waals surface area contributed by atoms with E-state index in [-0.39, 0.29) is 17.5 Å². The number of allylic oxidation sites excluding steroid dienone is 2. The Labute approximate surface area is 77.8 Å². The Bertz CT molecular complexity index is 289. The van der Waals surface area contributed by atoms with Crippen LogP contribution in [-0.2, 0) is 14.3 Å². The van der Waals surface area contributed by atoms with Crippen LogP contribution in [0.15, 0.2) is 11.3 Å². The molecule has 0 saturated heterocycles. The molecule has 0 spiro atoms. The molecule has 13 heavy (non-hydrogen) atoms. The molecule has 1 rings (SSSR count). The summed E-state index contributed by atoms with van der Waals surface area (Å²) in [4.78, 5) is 23.0. The number of hydrogen-bond acceptors (Lipinski definition) is 3. The molecule has 1 aliphatic rings. The highest BCUT2D eigenvalue weighted by atomic mass is 16.5. The second kappa shape index (κ2) is 3.32. The summed E-state index contributed by atoms with van der Waals surface area (Å²) in [6.45, 7) is 5.13. The van der Waals surface area contributed by atoms with Crippen molar-refractivity contribution >= 4 is 11.6 Å². The molecular formula is C10H14O3. The monoisotopic (exact) mass is 182 g/mol. The summed E-state index contributed by atoms with van der Waals surface area (Å²) in [5.74, 6) is -0.424. The van der Waals surface area contributed by atoms with Crippen LogP contribution in [-0.4, -0.2) is 18.7 Å². The van der Waals surface area contributed by atoms with Gasteiger partial charge in [-0.25, -0.2) is 0 Å². The van der Waals surface area contributed by atoms with Crippen molar-refractivity contribution in [2.75, 3.05) is 7.11 Å². The molecule has 1 aliphatic carbocycles. The first-order chi connectivity index (χ1) is 6.00. The molecule has 2 atom stereocenters. The minimum atomic E-state index is -0.506. The van der Waals surface area contributed by atoms with Gasteiger partial charge in [-0.15, -0.1) is 0 Å². The average molecular weight is 182 g/mol. The minimum Gasteiger partial charge on any atom is -0.500 e. The van der Waals surface area contributed by atoms with E-state index in [1.807, 2.05) is 0 Å². The molecule has 0 fully saturated rings. The van der Waals surface area contributed by atoms with E-state index in [4.69, 9.17) is 4.74 Å². The molecule has 0 amide bonds. The number of ether oxygens (including phenoxy) is 1. The van der Waals surface area contributed by atoms with Gasteiger partial charge in [0.15, 0.2) is 11.6 Å². The molecular weight excluding hydrogens is 168 g/mol. The Morgan fingerprint density at radius 1 is 1.15 bits per heavy atom. The van der Waals surface area contributed by atoms with E-state index < -0.39 is 5.92 Å². The van der Waals surface area contributed by atoms with E-state index in [2.05, 4.69) is 0 Å². The molecule has 0 aromatic heterocycles. The fourth-order valence-electron chi connectivity index (χ4n) is 1.73. The third kappa shape index (κ3) is 1.39. The van der Waals surface area contributed by atoms with Crippen molar-refractivity contribution in [1.29, 1.82) is 0 Å². The summed E-state index contributed by atoms with van der Waals surface area (Å²) in [6, 6.07) is 0. The maximum Gasteiger partial charge on any atom is 0.172 e. The first kappa shape index (κ1) is 9.96. The number of rotatable bonds is 1. The van der Waals surface area contributed by atoms with E-state index in [1.54, 1.807) is 20.8 Å². The summed E-state index contributed by atoms with van der Waals surface area (Å²) < 4.78 is 5.04. The third-order valence-electron chi connectivity index (χ3n) is 2.60. The summed E-state index contributed by atoms with van der Waals surface area (Å²) in [7, 11) is 1.49. The van der Waals surface area contributed by atoms with Crippen molar-refractivity contribution < 1.29 is 14.3 Å². The van der Waals surface area contributed by atoms with Gasteiger partial charge in [-0.1, -0.05) is 0 Å². The van der Waals surface area contributed by atoms with Crippen molar-refractivity contribution in [3.8, 4) is 0 Å². The van der Waals surface area contributed by atoms with E-state index in [0.29, 0.717) is 11.3 Å². The van der Waals surface area contributed by atoms with Crippen molar-refractivity contribution in [1.82, 2.24) is 0 Å². The maximum absolute atomic E-state index is 11.5. The van der Waals surface area contributed by atoms with Crippen molar-refractivity contribution in [2.24, 2.45) is 11.8 Å². The van der Waals surface area contributed by atoms with E-state index in [0.717, 1.165) is 0 Å². The molecule has 0 heterocycles. The number of Topliss-reactive ketones (excluding diaryl/α,β-unsaturated/α-hetero) is 2. The normalized spacial score (nSPS) is 29.5. The summed E-state index contributed by atoms with van der Waals surface area (Å²) in [5, 5.41) is 0. The van der Waals surface area contributed by atoms with Gasteiger partial charge in [0.25, 0.3) is 0 Å². The van der Waals surface area contributed by atoms with E-state index in [1.165, 1.54) is 7.11 Å². The maximum atomic E-state index is 11.5. The molecule has 2 unspecified atom stereocenters. The predicted molar refractivity (Wildman–Crippen MR) is 48.1 cm³/mol. The second-order valence-corrected chi connectivity index (χ2v) is 3.40. The van der Waals surface area contributed by atoms with Gasteiger partial charge < -0.3 is 4.74 Å². The molecule has 0 aromatic carbocycles. The van der Waals surface area contributed by atoms with Gasteiger partial charge in [-0.3, -0.25) is 9.59 Å². The van der Waals surface area contributed by atoms with Crippen LogP contribution < -0.4 is 0 Å². The number of hydrogen-bond donors (Lipinski definition) is 0. The molecule has 3 nitrogen and oxygen atoms in total. The van der Waals surface area contributed by atoms with Gasteiger partial charge in [0.1, 0.15) is 5.76 Å². The van der Waals surface area contributed by atoms with Gasteiger partial charge in [-0.2, -0.15) is 0 Å². The zero-order valence-corrected chi connectivity index (χ0v) is 8.38. The standard InChI is InChI=1S/C10H14O3/c1-5-8(11)6(2)10(13-4)7(3)9(5)12/h5-6H,1-4H3. The summed E-state index contributed by atoms with van der Waals surface area (Å²) in [5.41, 5.74) is 0.585. The number of carbonyl (C=O) groups excluding carboxylic acids is 2. The smallest absolute Gasteiger partial charge is 0.172 e. The molecule has 0 saturated carbocycles. The molecule has 0 N–H and O–H groups in total. The van der Waals surface area contributed by atoms with E-state index >= 15 is 0 Å². The van der Waals surface area contributed by atoms with Gasteiger partial charge in [0.2, 0.25) is 0 Å². The van der Waals surface area contributed by atoms with Crippen LogP contribution in [0.3, 0.4) is 0 Å². The predicted octanol–water partition coefficient (Wildman–Crippen LogP) is 1.33. The largest absolute Gasteiger partial charge is 0.500 e. The van der Waals surface area contributed by atoms with Gasteiger partial charge in [0, 0.05) is 5.57 Å². The fraction of sp³-hybridized carbons (Fsp3) is 0.600. The third-order valence-corrected chi connectivity index (χ3v) is 2.60. The molecule has 72 valence electrons. The van der Waals surface area contributed by atoms with Gasteiger partial charge in [-0.05, 0) is 20.8 Å². The van der Waals surface area contributed by atoms with Crippen LogP contribution in [0.25, 0.3) is 0 Å². The summed E-state index contributed by atoms with van der Waals surface area (Å²) >= 11 is 0. The Hall–Kier alpha value is -1.12. The lowest BCUT2D eigenvalue weighted by Gasteiger charge is -2.25. The second-order valence-electron chi connectivity index (χ2n) is 3.40. The van der Waals surface area contributed by atoms with Crippen molar-refractivity contribution in [3.05, 3.63) is 11.3 Å². The Morgan fingerprint density at radius 3 is 2.15 bits per heavy atom. The molecule has 3 heteroatoms. The lowest BCUT2D eigenvalue weighted by molar-refractivity contribution is -0.134. The first-order valence-corrected chi connectivity index (χ1v) is 4.33. The van der Waals surface area contributed by atoms with Crippen LogP contribution in [0.5, 0.6) is 0 Å². The Kier molecular flexibility index (Phi) is 2.55. The van der Waals surface area contributed by atoms with E-state index in [9.17, 15) is 9.59 Å². The zero-order valence-electron chi connectivity index (χ0n) is 8.38. The molecule has 0 bridgehead atoms. The van der Waals surface area contributed by atoms with Gasteiger partial charge in [0.05, 0.1) is 18.9 Å². The lowest BCUT2D eigenvalue weighted by atomic mass is 9.81. The minimum absolute atomic E-state index is 0.0487. The van der Waals surface area contributed by atoms with Gasteiger partial charge >= 0.3 is 0 Å². The first-order valence-electron chi connectivity index (χ1n) is 4.33. The topological polar surface area (TPSA) is 43.4 Å². The van der Waals surface area contributed by atoms with Crippen LogP contribution in [0.4, 0.5) is 0 Å². The SMILES string of the molecule is COC1=C(C)C(=O)C(C)C(=O)C1C. The Balaban J connectivity index is 3.18. The number of carbonyl (C=O) groups is 2. The summed E-state index contributed by atoms with van der Waals surface area (Å²) in [6.07, 6.45) is 0. The molecule has 0 aliphatic heterocycles. The highest BCUT2D eigenvalue weighted by Gasteiger charge is 2.36. The van der Waals surface area contributed by atoms with Crippen LogP contribution in [0, 0.1) is 11.8 Å². The van der Waals surface area contributed by atoms with Crippen LogP contribution in [0.1, 0.15) is 20.8 Å². The lowest BCUT2D eigenvalue weighted by Crippen LogP contribution is -2.34. The quantitative estimate of drug-likeness (QED) is 0.574. The van der Waals surface area contributed by atoms with Crippen molar-refractivity contribution in [3.63, 3.8) is 0 Å². The molecule has 0 radical (unpaired) electrons. The fourth-order valence-corrected chi connectivity index (χ4v) is 1.73. The zero-order chi connectivity index (χ0) is 10.2. The van der Waals surface area contributed by atoms with Crippen LogP contribution in [0.2, 0.25) is 0 Å². The highest BCUT2D eigenvalue weighted by Crippen LogP contribution is 2.28. The number of methoxy groups -OCH3 is 1.